The first-order valence-electron chi connectivity index (χ1n) is 7.74. The standard InChI is InChI=1S/C17H21N3O2.2ClH/c21-16(11-15-12-18-9-10-22-15)19-8-6-14-4-1-3-13-5-2-7-20-17(13)14;;/h1-5,7,15,18H,6,8-12H2,(H,19,21);2*1H. The van der Waals surface area contributed by atoms with Crippen molar-refractivity contribution in [2.75, 3.05) is 26.2 Å². The van der Waals surface area contributed by atoms with E-state index in [-0.39, 0.29) is 36.8 Å². The van der Waals surface area contributed by atoms with E-state index in [1.807, 2.05) is 12.1 Å². The van der Waals surface area contributed by atoms with Crippen LogP contribution in [0, 0.1) is 0 Å². The molecule has 3 rings (SSSR count). The SMILES string of the molecule is Cl.Cl.O=C(CC1CNCCO1)NCCc1cccc2cccnc12. The minimum atomic E-state index is -0.00651. The lowest BCUT2D eigenvalue weighted by Gasteiger charge is -2.23. The van der Waals surface area contributed by atoms with Gasteiger partial charge >= 0.3 is 0 Å². The number of benzene rings is 1. The number of hydrogen-bond donors (Lipinski definition) is 2. The third-order valence-corrected chi connectivity index (χ3v) is 3.85. The minimum Gasteiger partial charge on any atom is -0.375 e. The number of rotatable bonds is 5. The number of para-hydroxylation sites is 1. The number of pyridine rings is 1. The molecule has 1 aliphatic heterocycles. The Hall–Kier alpha value is -1.40. The molecule has 132 valence electrons. The van der Waals surface area contributed by atoms with E-state index in [1.165, 1.54) is 0 Å². The summed E-state index contributed by atoms with van der Waals surface area (Å²) in [5.41, 5.74) is 2.17. The molecule has 24 heavy (non-hydrogen) atoms. The molecule has 0 radical (unpaired) electrons. The number of nitrogens with one attached hydrogen (secondary N) is 2. The molecule has 1 saturated heterocycles. The Balaban J connectivity index is 0.00000144. The van der Waals surface area contributed by atoms with Gasteiger partial charge < -0.3 is 15.4 Å². The second-order valence-corrected chi connectivity index (χ2v) is 5.49. The topological polar surface area (TPSA) is 63.2 Å². The van der Waals surface area contributed by atoms with Crippen molar-refractivity contribution in [3.8, 4) is 0 Å². The van der Waals surface area contributed by atoms with E-state index < -0.39 is 0 Å². The fourth-order valence-electron chi connectivity index (χ4n) is 2.74. The predicted octanol–water partition coefficient (Wildman–Crippen LogP) is 2.12. The highest BCUT2D eigenvalue weighted by molar-refractivity contribution is 5.85. The van der Waals surface area contributed by atoms with E-state index >= 15 is 0 Å². The smallest absolute Gasteiger partial charge is 0.222 e. The first-order chi connectivity index (χ1) is 10.8. The van der Waals surface area contributed by atoms with Gasteiger partial charge in [0, 0.05) is 31.2 Å². The van der Waals surface area contributed by atoms with Gasteiger partial charge in [-0.1, -0.05) is 24.3 Å². The molecule has 1 fully saturated rings. The number of amides is 1. The molecule has 2 aromatic rings. The summed E-state index contributed by atoms with van der Waals surface area (Å²) in [6.07, 6.45) is 3.00. The average Bonchev–Trinajstić information content (AvgIpc) is 2.56. The van der Waals surface area contributed by atoms with Crippen LogP contribution in [0.2, 0.25) is 0 Å². The highest BCUT2D eigenvalue weighted by atomic mass is 35.5. The van der Waals surface area contributed by atoms with Crippen molar-refractivity contribution < 1.29 is 9.53 Å². The van der Waals surface area contributed by atoms with Crippen molar-refractivity contribution in [3.63, 3.8) is 0 Å². The largest absolute Gasteiger partial charge is 0.375 e. The van der Waals surface area contributed by atoms with Crippen LogP contribution in [0.3, 0.4) is 0 Å². The van der Waals surface area contributed by atoms with Gasteiger partial charge in [0.1, 0.15) is 0 Å². The summed E-state index contributed by atoms with van der Waals surface area (Å²) in [4.78, 5) is 16.4. The highest BCUT2D eigenvalue weighted by Crippen LogP contribution is 2.16. The van der Waals surface area contributed by atoms with Gasteiger partial charge in [-0.3, -0.25) is 9.78 Å². The fourth-order valence-corrected chi connectivity index (χ4v) is 2.74. The molecule has 0 bridgehead atoms. The summed E-state index contributed by atoms with van der Waals surface area (Å²) in [5, 5.41) is 7.33. The number of aromatic nitrogens is 1. The number of halogens is 2. The summed E-state index contributed by atoms with van der Waals surface area (Å²) >= 11 is 0. The van der Waals surface area contributed by atoms with Crippen molar-refractivity contribution in [1.29, 1.82) is 0 Å². The van der Waals surface area contributed by atoms with Gasteiger partial charge in [-0.25, -0.2) is 0 Å². The number of nitrogens with zero attached hydrogens (tertiary/aromatic N) is 1. The molecule has 0 saturated carbocycles. The number of fused-ring (bicyclic) bond motifs is 1. The Morgan fingerprint density at radius 1 is 1.29 bits per heavy atom. The van der Waals surface area contributed by atoms with Gasteiger partial charge in [-0.2, -0.15) is 0 Å². The van der Waals surface area contributed by atoms with Gasteiger partial charge in [0.15, 0.2) is 0 Å². The van der Waals surface area contributed by atoms with Gasteiger partial charge in [0.2, 0.25) is 5.91 Å². The van der Waals surface area contributed by atoms with Crippen molar-refractivity contribution >= 4 is 41.6 Å². The van der Waals surface area contributed by atoms with E-state index in [0.717, 1.165) is 36.0 Å². The van der Waals surface area contributed by atoms with Gasteiger partial charge in [-0.05, 0) is 18.1 Å². The molecule has 2 N–H and O–H groups in total. The zero-order valence-corrected chi connectivity index (χ0v) is 15.0. The maximum absolute atomic E-state index is 11.9. The molecule has 1 aliphatic rings. The van der Waals surface area contributed by atoms with Crippen molar-refractivity contribution in [1.82, 2.24) is 15.6 Å². The normalized spacial score (nSPS) is 16.8. The summed E-state index contributed by atoms with van der Waals surface area (Å²) in [6, 6.07) is 10.1. The lowest BCUT2D eigenvalue weighted by molar-refractivity contribution is -0.124. The molecule has 1 unspecified atom stereocenters. The zero-order valence-electron chi connectivity index (χ0n) is 13.4. The van der Waals surface area contributed by atoms with Gasteiger partial charge in [0.05, 0.1) is 24.6 Å². The molecule has 0 spiro atoms. The lowest BCUT2D eigenvalue weighted by Crippen LogP contribution is -2.41. The number of carbonyl (C=O) groups excluding carboxylic acids is 1. The Kier molecular flexibility index (Phi) is 9.00. The molecule has 2 heterocycles. The zero-order chi connectivity index (χ0) is 15.2. The first kappa shape index (κ1) is 20.6. The molecule has 7 heteroatoms. The number of carbonyl (C=O) groups is 1. The summed E-state index contributed by atoms with van der Waals surface area (Å²) in [6.45, 7) is 2.92. The van der Waals surface area contributed by atoms with E-state index in [4.69, 9.17) is 4.74 Å². The Morgan fingerprint density at radius 2 is 2.12 bits per heavy atom. The van der Waals surface area contributed by atoms with E-state index in [1.54, 1.807) is 6.20 Å². The fraction of sp³-hybridized carbons (Fsp3) is 0.412. The van der Waals surface area contributed by atoms with E-state index in [9.17, 15) is 4.79 Å². The predicted molar refractivity (Wildman–Crippen MR) is 100 cm³/mol. The van der Waals surface area contributed by atoms with Crippen LogP contribution in [0.4, 0.5) is 0 Å². The molecule has 1 amide bonds. The van der Waals surface area contributed by atoms with Crippen LogP contribution in [0.1, 0.15) is 12.0 Å². The quantitative estimate of drug-likeness (QED) is 0.844. The average molecular weight is 372 g/mol. The van der Waals surface area contributed by atoms with Crippen molar-refractivity contribution in [2.45, 2.75) is 18.9 Å². The Bertz CT molecular complexity index is 643. The van der Waals surface area contributed by atoms with Crippen LogP contribution in [-0.2, 0) is 16.0 Å². The van der Waals surface area contributed by atoms with Crippen LogP contribution in [-0.4, -0.2) is 43.2 Å². The van der Waals surface area contributed by atoms with Crippen molar-refractivity contribution in [2.24, 2.45) is 0 Å². The molecular formula is C17H23Cl2N3O2. The van der Waals surface area contributed by atoms with Gasteiger partial charge in [0.25, 0.3) is 0 Å². The van der Waals surface area contributed by atoms with E-state index in [0.29, 0.717) is 19.6 Å². The Labute approximate surface area is 154 Å². The van der Waals surface area contributed by atoms with Crippen LogP contribution < -0.4 is 10.6 Å². The Morgan fingerprint density at radius 3 is 2.92 bits per heavy atom. The molecule has 1 atom stereocenters. The summed E-state index contributed by atoms with van der Waals surface area (Å²) in [7, 11) is 0. The number of ether oxygens (including phenoxy) is 1. The maximum atomic E-state index is 11.9. The lowest BCUT2D eigenvalue weighted by atomic mass is 10.1. The van der Waals surface area contributed by atoms with E-state index in [2.05, 4.69) is 33.8 Å². The molecular weight excluding hydrogens is 349 g/mol. The molecule has 5 nitrogen and oxygen atoms in total. The molecule has 1 aromatic heterocycles. The second-order valence-electron chi connectivity index (χ2n) is 5.49. The number of hydrogen-bond acceptors (Lipinski definition) is 4. The van der Waals surface area contributed by atoms with Gasteiger partial charge in [-0.15, -0.1) is 24.8 Å². The highest BCUT2D eigenvalue weighted by Gasteiger charge is 2.16. The minimum absolute atomic E-state index is 0. The monoisotopic (exact) mass is 371 g/mol. The summed E-state index contributed by atoms with van der Waals surface area (Å²) < 4.78 is 5.54. The third-order valence-electron chi connectivity index (χ3n) is 3.85. The van der Waals surface area contributed by atoms with Crippen LogP contribution in [0.5, 0.6) is 0 Å². The van der Waals surface area contributed by atoms with Crippen LogP contribution in [0.15, 0.2) is 36.5 Å². The first-order valence-corrected chi connectivity index (χ1v) is 7.74. The number of morpholine rings is 1. The third kappa shape index (κ3) is 5.60. The van der Waals surface area contributed by atoms with Crippen LogP contribution in [0.25, 0.3) is 10.9 Å². The van der Waals surface area contributed by atoms with Crippen LogP contribution >= 0.6 is 24.8 Å². The summed E-state index contributed by atoms with van der Waals surface area (Å²) in [5.74, 6) is 0.0434. The molecule has 1 aromatic carbocycles. The van der Waals surface area contributed by atoms with Crippen molar-refractivity contribution in [3.05, 3.63) is 42.1 Å². The maximum Gasteiger partial charge on any atom is 0.222 e. The molecule has 0 aliphatic carbocycles. The second kappa shape index (κ2) is 10.5.